The average Bonchev–Trinajstić information content (AvgIpc) is 2.60. The van der Waals surface area contributed by atoms with Crippen LogP contribution in [0.3, 0.4) is 0 Å². The summed E-state index contributed by atoms with van der Waals surface area (Å²) in [7, 11) is 0. The van der Waals surface area contributed by atoms with Gasteiger partial charge in [0.2, 0.25) is 5.91 Å². The van der Waals surface area contributed by atoms with E-state index in [0.717, 1.165) is 18.4 Å². The zero-order valence-corrected chi connectivity index (χ0v) is 14.6. The third-order valence-electron chi connectivity index (χ3n) is 4.65. The lowest BCUT2D eigenvalue weighted by Gasteiger charge is -2.26. The Balaban J connectivity index is 0.00000208. The lowest BCUT2D eigenvalue weighted by molar-refractivity contribution is -0.122. The van der Waals surface area contributed by atoms with Gasteiger partial charge in [-0.1, -0.05) is 54.6 Å². The van der Waals surface area contributed by atoms with E-state index < -0.39 is 6.04 Å². The van der Waals surface area contributed by atoms with Gasteiger partial charge in [-0.25, -0.2) is 0 Å². The average molecular weight is 345 g/mol. The lowest BCUT2D eigenvalue weighted by Crippen LogP contribution is -2.43. The smallest absolute Gasteiger partial charge is 0.237 e. The van der Waals surface area contributed by atoms with Crippen LogP contribution in [0.4, 0.5) is 0 Å². The van der Waals surface area contributed by atoms with Gasteiger partial charge in [0, 0.05) is 12.5 Å². The first-order valence-electron chi connectivity index (χ1n) is 8.39. The molecule has 2 unspecified atom stereocenters. The number of rotatable bonds is 5. The maximum atomic E-state index is 12.3. The van der Waals surface area contributed by atoms with Gasteiger partial charge in [-0.3, -0.25) is 4.79 Å². The number of fused-ring (bicyclic) bond motifs is 1. The van der Waals surface area contributed by atoms with E-state index in [9.17, 15) is 4.79 Å². The molecule has 1 aliphatic carbocycles. The number of amides is 1. The summed E-state index contributed by atoms with van der Waals surface area (Å²) in [6, 6.07) is 18.0. The van der Waals surface area contributed by atoms with Crippen LogP contribution in [0.2, 0.25) is 0 Å². The van der Waals surface area contributed by atoms with E-state index in [0.29, 0.717) is 18.9 Å². The van der Waals surface area contributed by atoms with Crippen LogP contribution in [0.15, 0.2) is 54.6 Å². The number of hydrogen-bond acceptors (Lipinski definition) is 2. The van der Waals surface area contributed by atoms with Crippen molar-refractivity contribution in [2.75, 3.05) is 6.54 Å². The van der Waals surface area contributed by atoms with Crippen molar-refractivity contribution in [3.8, 4) is 0 Å². The first kappa shape index (κ1) is 18.5. The fourth-order valence-electron chi connectivity index (χ4n) is 3.38. The predicted molar refractivity (Wildman–Crippen MR) is 101 cm³/mol. The highest BCUT2D eigenvalue weighted by Gasteiger charge is 2.21. The molecule has 0 aliphatic heterocycles. The Labute approximate surface area is 150 Å². The minimum atomic E-state index is -0.490. The summed E-state index contributed by atoms with van der Waals surface area (Å²) in [5.41, 5.74) is 9.95. The summed E-state index contributed by atoms with van der Waals surface area (Å²) in [6.07, 6.45) is 4.04. The van der Waals surface area contributed by atoms with E-state index in [4.69, 9.17) is 5.73 Å². The Morgan fingerprint density at radius 2 is 1.83 bits per heavy atom. The van der Waals surface area contributed by atoms with Crippen LogP contribution in [-0.4, -0.2) is 18.5 Å². The van der Waals surface area contributed by atoms with E-state index >= 15 is 0 Å². The first-order valence-corrected chi connectivity index (χ1v) is 8.39. The largest absolute Gasteiger partial charge is 0.354 e. The molecule has 0 spiro atoms. The highest BCUT2D eigenvalue weighted by atomic mass is 35.5. The zero-order valence-electron chi connectivity index (χ0n) is 13.8. The normalized spacial score (nSPS) is 17.3. The number of carbonyl (C=O) groups is 1. The molecule has 2 atom stereocenters. The van der Waals surface area contributed by atoms with Gasteiger partial charge in [-0.05, 0) is 42.4 Å². The molecule has 4 heteroatoms. The molecule has 3 N–H and O–H groups in total. The minimum Gasteiger partial charge on any atom is -0.354 e. The Bertz CT molecular complexity index is 660. The van der Waals surface area contributed by atoms with Gasteiger partial charge in [0.1, 0.15) is 0 Å². The van der Waals surface area contributed by atoms with Crippen molar-refractivity contribution in [2.45, 2.75) is 37.6 Å². The highest BCUT2D eigenvalue weighted by molar-refractivity contribution is 5.85. The second-order valence-electron chi connectivity index (χ2n) is 6.33. The van der Waals surface area contributed by atoms with Crippen molar-refractivity contribution in [2.24, 2.45) is 5.73 Å². The summed E-state index contributed by atoms with van der Waals surface area (Å²) in [5, 5.41) is 3.05. The van der Waals surface area contributed by atoms with Crippen molar-refractivity contribution < 1.29 is 4.79 Å². The van der Waals surface area contributed by atoms with E-state index in [2.05, 4.69) is 29.6 Å². The van der Waals surface area contributed by atoms with Gasteiger partial charge in [0.05, 0.1) is 6.04 Å². The molecule has 0 aromatic heterocycles. The van der Waals surface area contributed by atoms with Crippen LogP contribution in [0.1, 0.15) is 35.4 Å². The van der Waals surface area contributed by atoms with Gasteiger partial charge in [-0.2, -0.15) is 0 Å². The summed E-state index contributed by atoms with van der Waals surface area (Å²) >= 11 is 0. The SMILES string of the molecule is Cl.NC(Cc1ccccc1)C(=O)NCC1CCCc2ccccc21. The molecule has 0 radical (unpaired) electrons. The van der Waals surface area contributed by atoms with Crippen molar-refractivity contribution in [3.05, 3.63) is 71.3 Å². The molecule has 0 heterocycles. The Hall–Kier alpha value is -1.84. The fraction of sp³-hybridized carbons (Fsp3) is 0.350. The minimum absolute atomic E-state index is 0. The van der Waals surface area contributed by atoms with E-state index in [-0.39, 0.29) is 18.3 Å². The molecule has 3 nitrogen and oxygen atoms in total. The second-order valence-corrected chi connectivity index (χ2v) is 6.33. The number of halogens is 1. The molecule has 24 heavy (non-hydrogen) atoms. The third kappa shape index (κ3) is 4.59. The highest BCUT2D eigenvalue weighted by Crippen LogP contribution is 2.30. The first-order chi connectivity index (χ1) is 11.2. The van der Waals surface area contributed by atoms with Gasteiger partial charge < -0.3 is 11.1 Å². The molecule has 2 aromatic rings. The summed E-state index contributed by atoms with van der Waals surface area (Å²) < 4.78 is 0. The summed E-state index contributed by atoms with van der Waals surface area (Å²) in [6.45, 7) is 0.679. The van der Waals surface area contributed by atoms with Crippen molar-refractivity contribution in [1.82, 2.24) is 5.32 Å². The predicted octanol–water partition coefficient (Wildman–Crippen LogP) is 3.21. The zero-order chi connectivity index (χ0) is 16.1. The monoisotopic (exact) mass is 344 g/mol. The summed E-state index contributed by atoms with van der Waals surface area (Å²) in [5.74, 6) is 0.352. The number of nitrogens with one attached hydrogen (secondary N) is 1. The maximum absolute atomic E-state index is 12.3. The van der Waals surface area contributed by atoms with Crippen LogP contribution >= 0.6 is 12.4 Å². The van der Waals surface area contributed by atoms with Crippen molar-refractivity contribution in [1.29, 1.82) is 0 Å². The van der Waals surface area contributed by atoms with E-state index in [1.807, 2.05) is 30.3 Å². The van der Waals surface area contributed by atoms with Gasteiger partial charge in [0.25, 0.3) is 0 Å². The number of hydrogen-bond donors (Lipinski definition) is 2. The topological polar surface area (TPSA) is 55.1 Å². The molecular formula is C20H25ClN2O. The molecule has 1 aliphatic rings. The third-order valence-corrected chi connectivity index (χ3v) is 4.65. The fourth-order valence-corrected chi connectivity index (χ4v) is 3.38. The molecular weight excluding hydrogens is 320 g/mol. The van der Waals surface area contributed by atoms with Crippen LogP contribution < -0.4 is 11.1 Å². The molecule has 0 fully saturated rings. The Kier molecular flexibility index (Phi) is 6.83. The number of carbonyl (C=O) groups excluding carboxylic acids is 1. The molecule has 3 rings (SSSR count). The second kappa shape index (κ2) is 8.86. The van der Waals surface area contributed by atoms with E-state index in [1.165, 1.54) is 17.5 Å². The van der Waals surface area contributed by atoms with Crippen molar-refractivity contribution in [3.63, 3.8) is 0 Å². The van der Waals surface area contributed by atoms with Crippen LogP contribution in [-0.2, 0) is 17.6 Å². The Morgan fingerprint density at radius 3 is 2.62 bits per heavy atom. The van der Waals surface area contributed by atoms with Gasteiger partial charge in [-0.15, -0.1) is 12.4 Å². The molecule has 1 amide bonds. The lowest BCUT2D eigenvalue weighted by atomic mass is 9.83. The van der Waals surface area contributed by atoms with Crippen LogP contribution in [0.25, 0.3) is 0 Å². The molecule has 128 valence electrons. The van der Waals surface area contributed by atoms with Crippen LogP contribution in [0.5, 0.6) is 0 Å². The molecule has 0 bridgehead atoms. The number of nitrogens with two attached hydrogens (primary N) is 1. The van der Waals surface area contributed by atoms with E-state index in [1.54, 1.807) is 0 Å². The number of benzene rings is 2. The summed E-state index contributed by atoms with van der Waals surface area (Å²) in [4.78, 5) is 12.3. The Morgan fingerprint density at radius 1 is 1.12 bits per heavy atom. The standard InChI is InChI=1S/C20H24N2O.ClH/c21-19(13-15-7-2-1-3-8-15)20(23)22-14-17-11-6-10-16-9-4-5-12-18(16)17;/h1-5,7-9,12,17,19H,6,10-11,13-14,21H2,(H,22,23);1H. The molecule has 2 aromatic carbocycles. The van der Waals surface area contributed by atoms with Crippen molar-refractivity contribution >= 4 is 18.3 Å². The molecule has 0 saturated carbocycles. The molecule has 0 saturated heterocycles. The van der Waals surface area contributed by atoms with Crippen LogP contribution in [0, 0.1) is 0 Å². The van der Waals surface area contributed by atoms with Gasteiger partial charge >= 0.3 is 0 Å². The quantitative estimate of drug-likeness (QED) is 0.875. The number of aryl methyl sites for hydroxylation is 1. The maximum Gasteiger partial charge on any atom is 0.237 e. The van der Waals surface area contributed by atoms with Gasteiger partial charge in [0.15, 0.2) is 0 Å².